The van der Waals surface area contributed by atoms with Crippen molar-refractivity contribution in [1.29, 1.82) is 0 Å². The van der Waals surface area contributed by atoms with Crippen LogP contribution in [0.4, 0.5) is 0 Å². The first kappa shape index (κ1) is 14.9. The molecule has 0 saturated heterocycles. The third kappa shape index (κ3) is 9.26. The maximum absolute atomic E-state index is 10.3. The van der Waals surface area contributed by atoms with Crippen LogP contribution in [0.2, 0.25) is 0 Å². The van der Waals surface area contributed by atoms with E-state index in [4.69, 9.17) is 10.8 Å². The first-order chi connectivity index (χ1) is 5.68. The van der Waals surface area contributed by atoms with Gasteiger partial charge in [0.15, 0.2) is 0 Å². The second-order valence-electron chi connectivity index (χ2n) is 2.79. The highest BCUT2D eigenvalue weighted by Gasteiger charge is 2.09. The Morgan fingerprint density at radius 2 is 2.15 bits per heavy atom. The summed E-state index contributed by atoms with van der Waals surface area (Å²) in [6.45, 7) is 3.96. The monoisotopic (exact) mass is 192 g/mol. The number of hydrogen-bond acceptors (Lipinski definition) is 3. The molecule has 5 heteroatoms. The molecule has 13 heavy (non-hydrogen) atoms. The van der Waals surface area contributed by atoms with Crippen LogP contribution >= 0.6 is 0 Å². The molecule has 0 saturated carbocycles. The van der Waals surface area contributed by atoms with Gasteiger partial charge in [-0.3, -0.25) is 4.79 Å². The lowest BCUT2D eigenvalue weighted by atomic mass is 10.1. The van der Waals surface area contributed by atoms with Gasteiger partial charge in [-0.2, -0.15) is 0 Å². The molecule has 0 rings (SSSR count). The molecule has 1 atom stereocenters. The zero-order chi connectivity index (χ0) is 9.40. The maximum atomic E-state index is 10.3. The van der Waals surface area contributed by atoms with Crippen LogP contribution in [0.3, 0.4) is 0 Å². The van der Waals surface area contributed by atoms with E-state index in [1.807, 2.05) is 6.92 Å². The summed E-state index contributed by atoms with van der Waals surface area (Å²) in [6, 6.07) is -0.688. The second-order valence-corrected chi connectivity index (χ2v) is 2.79. The van der Waals surface area contributed by atoms with Crippen molar-refractivity contribution in [2.45, 2.75) is 32.2 Å². The van der Waals surface area contributed by atoms with Gasteiger partial charge in [-0.25, -0.2) is 0 Å². The molecule has 5 nitrogen and oxygen atoms in total. The van der Waals surface area contributed by atoms with E-state index < -0.39 is 12.0 Å². The number of unbranched alkanes of at least 4 members (excludes halogenated alkanes) is 1. The Morgan fingerprint density at radius 1 is 1.54 bits per heavy atom. The largest absolute Gasteiger partial charge is 0.480 e. The van der Waals surface area contributed by atoms with E-state index in [-0.39, 0.29) is 5.48 Å². The molecular weight excluding hydrogens is 172 g/mol. The number of aliphatic carboxylic acids is 1. The van der Waals surface area contributed by atoms with Crippen molar-refractivity contribution in [1.82, 2.24) is 5.32 Å². The Kier molecular flexibility index (Phi) is 10.8. The average Bonchev–Trinajstić information content (AvgIpc) is 2.03. The van der Waals surface area contributed by atoms with E-state index in [2.05, 4.69) is 5.32 Å². The Balaban J connectivity index is 0. The number of carbonyl (C=O) groups is 1. The minimum atomic E-state index is -0.904. The molecule has 0 unspecified atom stereocenters. The van der Waals surface area contributed by atoms with Crippen LogP contribution in [0.1, 0.15) is 26.2 Å². The number of carboxylic acids is 1. The van der Waals surface area contributed by atoms with Crippen LogP contribution in [0.5, 0.6) is 0 Å². The summed E-state index contributed by atoms with van der Waals surface area (Å²) in [4.78, 5) is 10.3. The third-order valence-electron chi connectivity index (χ3n) is 1.69. The summed E-state index contributed by atoms with van der Waals surface area (Å²) in [5.74, 6) is -0.904. The summed E-state index contributed by atoms with van der Waals surface area (Å²) >= 11 is 0. The van der Waals surface area contributed by atoms with Crippen LogP contribution in [-0.2, 0) is 4.79 Å². The molecule has 0 aliphatic carbocycles. The Hall–Kier alpha value is -0.650. The molecule has 0 amide bonds. The molecule has 0 aliphatic rings. The van der Waals surface area contributed by atoms with E-state index in [1.165, 1.54) is 0 Å². The number of hydrogen-bond donors (Lipinski definition) is 3. The maximum Gasteiger partial charge on any atom is 0.320 e. The van der Waals surface area contributed by atoms with E-state index in [0.717, 1.165) is 25.9 Å². The predicted molar refractivity (Wildman–Crippen MR) is 51.6 cm³/mol. The SMILES string of the molecule is CCNCCCC[C@H](N)C(=O)O.O. The van der Waals surface area contributed by atoms with Crippen LogP contribution in [0.25, 0.3) is 0 Å². The lowest BCUT2D eigenvalue weighted by Gasteiger charge is -2.05. The fraction of sp³-hybridized carbons (Fsp3) is 0.875. The van der Waals surface area contributed by atoms with Crippen molar-refractivity contribution in [2.75, 3.05) is 13.1 Å². The molecule has 6 N–H and O–H groups in total. The van der Waals surface area contributed by atoms with Gasteiger partial charge in [0.2, 0.25) is 0 Å². The fourth-order valence-electron chi connectivity index (χ4n) is 0.915. The van der Waals surface area contributed by atoms with Crippen molar-refractivity contribution < 1.29 is 15.4 Å². The van der Waals surface area contributed by atoms with Crippen molar-refractivity contribution >= 4 is 5.97 Å². The number of rotatable bonds is 7. The molecule has 0 fully saturated rings. The first-order valence-corrected chi connectivity index (χ1v) is 4.37. The molecule has 0 aromatic rings. The minimum absolute atomic E-state index is 0. The quantitative estimate of drug-likeness (QED) is 0.466. The summed E-state index contributed by atoms with van der Waals surface area (Å²) < 4.78 is 0. The topological polar surface area (TPSA) is 107 Å². The van der Waals surface area contributed by atoms with Gasteiger partial charge in [0, 0.05) is 0 Å². The van der Waals surface area contributed by atoms with Gasteiger partial charge in [-0.15, -0.1) is 0 Å². The second kappa shape index (κ2) is 9.44. The van der Waals surface area contributed by atoms with Crippen LogP contribution in [-0.4, -0.2) is 35.7 Å². The molecule has 80 valence electrons. The number of nitrogens with two attached hydrogens (primary N) is 1. The van der Waals surface area contributed by atoms with Crippen LogP contribution < -0.4 is 11.1 Å². The standard InChI is InChI=1S/C8H18N2O2.H2O/c1-2-10-6-4-3-5-7(9)8(11)12;/h7,10H,2-6,9H2,1H3,(H,11,12);1H2/t7-;/m0./s1. The Morgan fingerprint density at radius 3 is 2.62 bits per heavy atom. The lowest BCUT2D eigenvalue weighted by Crippen LogP contribution is -2.30. The molecule has 0 heterocycles. The van der Waals surface area contributed by atoms with Gasteiger partial charge >= 0.3 is 5.97 Å². The Bertz CT molecular complexity index is 131. The van der Waals surface area contributed by atoms with Crippen molar-refractivity contribution in [2.24, 2.45) is 5.73 Å². The fourth-order valence-corrected chi connectivity index (χ4v) is 0.915. The van der Waals surface area contributed by atoms with Crippen LogP contribution in [0, 0.1) is 0 Å². The highest BCUT2D eigenvalue weighted by Crippen LogP contribution is 1.97. The summed E-state index contributed by atoms with van der Waals surface area (Å²) in [5, 5.41) is 11.6. The molecular formula is C8H20N2O3. The van der Waals surface area contributed by atoms with E-state index in [1.54, 1.807) is 0 Å². The molecule has 0 spiro atoms. The normalized spacial score (nSPS) is 11.8. The van der Waals surface area contributed by atoms with Crippen molar-refractivity contribution in [3.05, 3.63) is 0 Å². The van der Waals surface area contributed by atoms with E-state index in [0.29, 0.717) is 6.42 Å². The van der Waals surface area contributed by atoms with Gasteiger partial charge in [0.05, 0.1) is 0 Å². The van der Waals surface area contributed by atoms with Crippen molar-refractivity contribution in [3.63, 3.8) is 0 Å². The summed E-state index contributed by atoms with van der Waals surface area (Å²) in [7, 11) is 0. The third-order valence-corrected chi connectivity index (χ3v) is 1.69. The summed E-state index contributed by atoms with van der Waals surface area (Å²) in [6.07, 6.45) is 2.44. The zero-order valence-corrected chi connectivity index (χ0v) is 8.05. The Labute approximate surface area is 78.6 Å². The highest BCUT2D eigenvalue weighted by molar-refractivity contribution is 5.72. The van der Waals surface area contributed by atoms with Gasteiger partial charge < -0.3 is 21.6 Å². The molecule has 0 aromatic heterocycles. The highest BCUT2D eigenvalue weighted by atomic mass is 16.4. The van der Waals surface area contributed by atoms with Crippen LogP contribution in [0.15, 0.2) is 0 Å². The van der Waals surface area contributed by atoms with Gasteiger partial charge in [0.1, 0.15) is 6.04 Å². The predicted octanol–water partition coefficient (Wildman–Crippen LogP) is -0.647. The average molecular weight is 192 g/mol. The van der Waals surface area contributed by atoms with Gasteiger partial charge in [-0.05, 0) is 25.9 Å². The molecule has 0 radical (unpaired) electrons. The van der Waals surface area contributed by atoms with E-state index >= 15 is 0 Å². The molecule has 0 aromatic carbocycles. The molecule has 0 aliphatic heterocycles. The zero-order valence-electron chi connectivity index (χ0n) is 8.05. The molecule has 0 bridgehead atoms. The summed E-state index contributed by atoms with van der Waals surface area (Å²) in [5.41, 5.74) is 5.31. The van der Waals surface area contributed by atoms with Gasteiger partial charge in [0.25, 0.3) is 0 Å². The van der Waals surface area contributed by atoms with Crippen molar-refractivity contribution in [3.8, 4) is 0 Å². The minimum Gasteiger partial charge on any atom is -0.480 e. The lowest BCUT2D eigenvalue weighted by molar-refractivity contribution is -0.138. The number of carboxylic acid groups (broad SMARTS) is 1. The smallest absolute Gasteiger partial charge is 0.320 e. The first-order valence-electron chi connectivity index (χ1n) is 4.37. The van der Waals surface area contributed by atoms with Gasteiger partial charge in [-0.1, -0.05) is 13.3 Å². The number of nitrogens with one attached hydrogen (secondary N) is 1. The van der Waals surface area contributed by atoms with E-state index in [9.17, 15) is 4.79 Å².